The standard InChI is InChI=1S/C15H30O2/c1-3-5-6-7-8-9-10-11-13-14(12-4-2)15(16)17/h14H,3-13H2,1-2H3,(H,16,17). The smallest absolute Gasteiger partial charge is 0.306 e. The minimum Gasteiger partial charge on any atom is -0.481 e. The minimum atomic E-state index is -0.602. The van der Waals surface area contributed by atoms with Crippen molar-refractivity contribution in [3.63, 3.8) is 0 Å². The molecule has 0 aromatic rings. The van der Waals surface area contributed by atoms with E-state index in [-0.39, 0.29) is 5.92 Å². The monoisotopic (exact) mass is 242 g/mol. The fraction of sp³-hybridized carbons (Fsp3) is 0.933. The van der Waals surface area contributed by atoms with Gasteiger partial charge in [0.15, 0.2) is 0 Å². The summed E-state index contributed by atoms with van der Waals surface area (Å²) in [5.41, 5.74) is 0. The first-order valence-electron chi connectivity index (χ1n) is 7.45. The number of hydrogen-bond acceptors (Lipinski definition) is 1. The molecule has 1 unspecified atom stereocenters. The van der Waals surface area contributed by atoms with Crippen molar-refractivity contribution in [3.8, 4) is 0 Å². The van der Waals surface area contributed by atoms with Crippen LogP contribution < -0.4 is 0 Å². The molecule has 0 heterocycles. The zero-order chi connectivity index (χ0) is 12.9. The van der Waals surface area contributed by atoms with Crippen molar-refractivity contribution >= 4 is 5.97 Å². The number of hydrogen-bond donors (Lipinski definition) is 1. The Morgan fingerprint density at radius 1 is 0.824 bits per heavy atom. The van der Waals surface area contributed by atoms with Crippen LogP contribution in [0.15, 0.2) is 0 Å². The summed E-state index contributed by atoms with van der Waals surface area (Å²) in [6.07, 6.45) is 13.0. The Hall–Kier alpha value is -0.530. The molecule has 0 saturated carbocycles. The van der Waals surface area contributed by atoms with E-state index < -0.39 is 5.97 Å². The van der Waals surface area contributed by atoms with Gasteiger partial charge in [-0.1, -0.05) is 71.6 Å². The van der Waals surface area contributed by atoms with Crippen molar-refractivity contribution in [2.45, 2.75) is 84.5 Å². The molecule has 0 aliphatic heterocycles. The van der Waals surface area contributed by atoms with Crippen molar-refractivity contribution in [1.82, 2.24) is 0 Å². The largest absolute Gasteiger partial charge is 0.481 e. The lowest BCUT2D eigenvalue weighted by Crippen LogP contribution is -2.13. The van der Waals surface area contributed by atoms with Crippen molar-refractivity contribution in [1.29, 1.82) is 0 Å². The van der Waals surface area contributed by atoms with Gasteiger partial charge in [-0.25, -0.2) is 0 Å². The lowest BCUT2D eigenvalue weighted by atomic mass is 9.96. The van der Waals surface area contributed by atoms with Crippen molar-refractivity contribution in [2.75, 3.05) is 0 Å². The van der Waals surface area contributed by atoms with E-state index in [1.54, 1.807) is 0 Å². The van der Waals surface area contributed by atoms with E-state index >= 15 is 0 Å². The molecule has 0 radical (unpaired) electrons. The average molecular weight is 242 g/mol. The Morgan fingerprint density at radius 3 is 1.82 bits per heavy atom. The molecule has 0 bridgehead atoms. The van der Waals surface area contributed by atoms with Crippen molar-refractivity contribution < 1.29 is 9.90 Å². The average Bonchev–Trinajstić information content (AvgIpc) is 2.31. The maximum Gasteiger partial charge on any atom is 0.306 e. The molecule has 0 spiro atoms. The first kappa shape index (κ1) is 16.5. The van der Waals surface area contributed by atoms with E-state index in [0.29, 0.717) is 0 Å². The molecule has 102 valence electrons. The Labute approximate surface area is 107 Å². The molecule has 0 aromatic carbocycles. The van der Waals surface area contributed by atoms with Crippen LogP contribution in [0.5, 0.6) is 0 Å². The predicted molar refractivity (Wildman–Crippen MR) is 73.3 cm³/mol. The first-order chi connectivity index (χ1) is 8.22. The summed E-state index contributed by atoms with van der Waals surface area (Å²) in [4.78, 5) is 10.9. The highest BCUT2D eigenvalue weighted by atomic mass is 16.4. The maximum absolute atomic E-state index is 10.9. The van der Waals surface area contributed by atoms with E-state index in [1.165, 1.54) is 44.9 Å². The van der Waals surface area contributed by atoms with Crippen LogP contribution in [0, 0.1) is 5.92 Å². The molecule has 17 heavy (non-hydrogen) atoms. The summed E-state index contributed by atoms with van der Waals surface area (Å²) in [5.74, 6) is -0.699. The minimum absolute atomic E-state index is 0.0971. The van der Waals surface area contributed by atoms with Gasteiger partial charge in [-0.15, -0.1) is 0 Å². The van der Waals surface area contributed by atoms with E-state index in [0.717, 1.165) is 25.7 Å². The van der Waals surface area contributed by atoms with Gasteiger partial charge < -0.3 is 5.11 Å². The molecule has 0 amide bonds. The summed E-state index contributed by atoms with van der Waals surface area (Å²) in [6.45, 7) is 4.30. The van der Waals surface area contributed by atoms with Gasteiger partial charge in [0.05, 0.1) is 5.92 Å². The van der Waals surface area contributed by atoms with Gasteiger partial charge in [0.1, 0.15) is 0 Å². The van der Waals surface area contributed by atoms with Crippen molar-refractivity contribution in [3.05, 3.63) is 0 Å². The Kier molecular flexibility index (Phi) is 11.6. The highest BCUT2D eigenvalue weighted by molar-refractivity contribution is 5.69. The predicted octanol–water partition coefficient (Wildman–Crippen LogP) is 5.02. The van der Waals surface area contributed by atoms with Gasteiger partial charge in [-0.05, 0) is 12.8 Å². The van der Waals surface area contributed by atoms with E-state index in [4.69, 9.17) is 5.11 Å². The van der Waals surface area contributed by atoms with Gasteiger partial charge in [-0.2, -0.15) is 0 Å². The van der Waals surface area contributed by atoms with Gasteiger partial charge >= 0.3 is 5.97 Å². The normalized spacial score (nSPS) is 12.6. The second-order valence-electron chi connectivity index (χ2n) is 5.09. The quantitative estimate of drug-likeness (QED) is 0.488. The molecule has 0 saturated heterocycles. The first-order valence-corrected chi connectivity index (χ1v) is 7.45. The fourth-order valence-corrected chi connectivity index (χ4v) is 2.26. The highest BCUT2D eigenvalue weighted by Gasteiger charge is 2.14. The van der Waals surface area contributed by atoms with Gasteiger partial charge in [0, 0.05) is 0 Å². The fourth-order valence-electron chi connectivity index (χ4n) is 2.26. The third kappa shape index (κ3) is 10.3. The molecule has 0 aliphatic carbocycles. The number of unbranched alkanes of at least 4 members (excludes halogenated alkanes) is 7. The molecule has 2 nitrogen and oxygen atoms in total. The van der Waals surface area contributed by atoms with Crippen LogP contribution >= 0.6 is 0 Å². The van der Waals surface area contributed by atoms with Gasteiger partial charge in [0.25, 0.3) is 0 Å². The molecule has 0 fully saturated rings. The zero-order valence-electron chi connectivity index (χ0n) is 11.7. The van der Waals surface area contributed by atoms with Crippen molar-refractivity contribution in [2.24, 2.45) is 5.92 Å². The second kappa shape index (κ2) is 11.9. The third-order valence-corrected chi connectivity index (χ3v) is 3.39. The molecule has 1 atom stereocenters. The Morgan fingerprint density at radius 2 is 1.35 bits per heavy atom. The zero-order valence-corrected chi connectivity index (χ0v) is 11.7. The molecule has 2 heteroatoms. The summed E-state index contributed by atoms with van der Waals surface area (Å²) in [7, 11) is 0. The molecule has 1 N–H and O–H groups in total. The molecular weight excluding hydrogens is 212 g/mol. The number of carbonyl (C=O) groups is 1. The van der Waals surface area contributed by atoms with Gasteiger partial charge in [0.2, 0.25) is 0 Å². The van der Waals surface area contributed by atoms with Crippen LogP contribution in [0.1, 0.15) is 84.5 Å². The summed E-state index contributed by atoms with van der Waals surface area (Å²) in [5, 5.41) is 9.00. The Bertz CT molecular complexity index is 178. The van der Waals surface area contributed by atoms with Crippen LogP contribution in [0.25, 0.3) is 0 Å². The van der Waals surface area contributed by atoms with E-state index in [1.807, 2.05) is 0 Å². The third-order valence-electron chi connectivity index (χ3n) is 3.39. The number of aliphatic carboxylic acids is 1. The number of rotatable bonds is 12. The maximum atomic E-state index is 10.9. The summed E-state index contributed by atoms with van der Waals surface area (Å²) < 4.78 is 0. The van der Waals surface area contributed by atoms with Crippen LogP contribution in [0.2, 0.25) is 0 Å². The second-order valence-corrected chi connectivity index (χ2v) is 5.09. The molecular formula is C15H30O2. The number of carboxylic acids is 1. The number of carboxylic acid groups (broad SMARTS) is 1. The van der Waals surface area contributed by atoms with Crippen LogP contribution in [-0.2, 0) is 4.79 Å². The topological polar surface area (TPSA) is 37.3 Å². The lowest BCUT2D eigenvalue weighted by molar-refractivity contribution is -0.142. The van der Waals surface area contributed by atoms with Crippen LogP contribution in [0.3, 0.4) is 0 Å². The van der Waals surface area contributed by atoms with E-state index in [9.17, 15) is 4.79 Å². The SMILES string of the molecule is CCCCCCCCCCC(CCC)C(=O)O. The molecule has 0 aliphatic rings. The molecule has 0 rings (SSSR count). The van der Waals surface area contributed by atoms with Crippen LogP contribution in [-0.4, -0.2) is 11.1 Å². The van der Waals surface area contributed by atoms with Gasteiger partial charge in [-0.3, -0.25) is 4.79 Å². The summed E-state index contributed by atoms with van der Waals surface area (Å²) >= 11 is 0. The highest BCUT2D eigenvalue weighted by Crippen LogP contribution is 2.17. The lowest BCUT2D eigenvalue weighted by Gasteiger charge is -2.10. The van der Waals surface area contributed by atoms with E-state index in [2.05, 4.69) is 13.8 Å². The Balaban J connectivity index is 3.33. The summed E-state index contributed by atoms with van der Waals surface area (Å²) in [6, 6.07) is 0. The molecule has 0 aromatic heterocycles. The van der Waals surface area contributed by atoms with Crippen LogP contribution in [0.4, 0.5) is 0 Å².